The summed E-state index contributed by atoms with van der Waals surface area (Å²) in [6, 6.07) is 8.68. The van der Waals surface area contributed by atoms with Gasteiger partial charge >= 0.3 is 5.97 Å². The molecule has 1 aromatic carbocycles. The van der Waals surface area contributed by atoms with E-state index < -0.39 is 23.7 Å². The van der Waals surface area contributed by atoms with Crippen LogP contribution in [0.15, 0.2) is 78.2 Å². The summed E-state index contributed by atoms with van der Waals surface area (Å²) in [4.78, 5) is 129. The molecule has 3 aliphatic heterocycles. The zero-order valence-corrected chi connectivity index (χ0v) is 50.4. The minimum Gasteiger partial charge on any atom is -0.493 e. The molecule has 2 atom stereocenters. The lowest BCUT2D eigenvalue weighted by molar-refractivity contribution is -0.152. The number of hydrogen-bond donors (Lipinski definition) is 4. The number of aromatic nitrogens is 3. The van der Waals surface area contributed by atoms with Gasteiger partial charge < -0.3 is 58.8 Å². The third-order valence-corrected chi connectivity index (χ3v) is 14.4. The number of imide groups is 1. The molecule has 1 fully saturated rings. The molecule has 4 N–H and O–H groups in total. The van der Waals surface area contributed by atoms with Crippen LogP contribution in [0.3, 0.4) is 0 Å². The van der Waals surface area contributed by atoms with Crippen molar-refractivity contribution < 1.29 is 66.9 Å². The third kappa shape index (κ3) is 19.7. The summed E-state index contributed by atoms with van der Waals surface area (Å²) in [7, 11) is 5.37. The average molecular weight is 1190 g/mol. The molecular weight excluding hydrogens is 1110 g/mol. The van der Waals surface area contributed by atoms with E-state index >= 15 is 0 Å². The van der Waals surface area contributed by atoms with Crippen LogP contribution in [0.5, 0.6) is 5.75 Å². The second-order valence-electron chi connectivity index (χ2n) is 21.8. The smallest absolute Gasteiger partial charge is 0.309 e. The monoisotopic (exact) mass is 1190 g/mol. The maximum atomic E-state index is 13.1. The van der Waals surface area contributed by atoms with Gasteiger partial charge in [0, 0.05) is 135 Å². The van der Waals surface area contributed by atoms with E-state index in [4.69, 9.17) is 18.9 Å². The molecule has 6 heterocycles. The van der Waals surface area contributed by atoms with Crippen LogP contribution < -0.4 is 26.0 Å². The molecule has 0 unspecified atom stereocenters. The maximum absolute atomic E-state index is 13.1. The highest BCUT2D eigenvalue weighted by molar-refractivity contribution is 6.13. The zero-order chi connectivity index (χ0) is 62.6. The van der Waals surface area contributed by atoms with Crippen molar-refractivity contribution in [2.75, 3.05) is 75.2 Å². The van der Waals surface area contributed by atoms with Crippen molar-refractivity contribution in [1.82, 2.24) is 28.8 Å². The lowest BCUT2D eigenvalue weighted by atomic mass is 9.90. The van der Waals surface area contributed by atoms with Gasteiger partial charge in [0.05, 0.1) is 73.3 Å². The van der Waals surface area contributed by atoms with Crippen LogP contribution in [0.25, 0.3) is 0 Å². The molecule has 3 aromatic heterocycles. The molecule has 0 spiro atoms. The minimum atomic E-state index is -0.586. The van der Waals surface area contributed by atoms with E-state index in [0.29, 0.717) is 91.1 Å². The molecule has 7 amide bonds. The second kappa shape index (κ2) is 31.9. The summed E-state index contributed by atoms with van der Waals surface area (Å²) in [5.41, 5.74) is 6.66. The van der Waals surface area contributed by atoms with Gasteiger partial charge in [0.1, 0.15) is 28.7 Å². The van der Waals surface area contributed by atoms with Gasteiger partial charge in [0.25, 0.3) is 29.5 Å². The van der Waals surface area contributed by atoms with Gasteiger partial charge in [0.2, 0.25) is 11.8 Å². The van der Waals surface area contributed by atoms with Gasteiger partial charge in [0.15, 0.2) is 0 Å². The molecule has 7 rings (SSSR count). The van der Waals surface area contributed by atoms with Gasteiger partial charge in [-0.25, -0.2) is 0 Å². The van der Waals surface area contributed by atoms with E-state index in [0.717, 1.165) is 28.2 Å². The Bertz CT molecular complexity index is 3200. The van der Waals surface area contributed by atoms with E-state index in [2.05, 4.69) is 32.8 Å². The number of ketones is 2. The van der Waals surface area contributed by atoms with Crippen LogP contribution in [0.4, 0.5) is 22.7 Å². The minimum absolute atomic E-state index is 0.0424. The van der Waals surface area contributed by atoms with Crippen molar-refractivity contribution in [3.63, 3.8) is 0 Å². The first-order chi connectivity index (χ1) is 41.0. The fourth-order valence-electron chi connectivity index (χ4n) is 9.59. The van der Waals surface area contributed by atoms with Crippen molar-refractivity contribution in [2.24, 2.45) is 38.0 Å². The summed E-state index contributed by atoms with van der Waals surface area (Å²) < 4.78 is 27.5. The number of Topliss-reactive ketones (excluding diaryl/α,β-unsaturated/α-hetero) is 2. The van der Waals surface area contributed by atoms with Crippen LogP contribution in [0.1, 0.15) is 121 Å². The molecule has 24 heteroatoms. The topological polar surface area (TPSA) is 289 Å². The standard InChI is InChI=1S/C32H46N4O10.C30H34N6O4/c1-22(2)27(32(43)46-15-6-12-33-31(42)28-19-24(21-35(28)4)34-23(3)37)20-26(39)11-16-45-18-17-44-14-5-7-25(38)10-13-36-29(40)8-9-30(36)41;1-18-9-23-14-31-25-13-27(19(2)10-24(25)30(39)36(23)15-18)40-8-6-7-28(37)32-22-12-26(35(5)17-22)29(38)33-21-11-20(3)34(4)16-21/h8-9,19,21-22,27H,5-7,10-18,20H2,1-4H3,(H,33,42)(H,34,37);10-14,16-17,23H,1,6-9,15H2,2-5H3,(H,32,37)(H,33,38)/t27-;23-/m00/s1. The highest BCUT2D eigenvalue weighted by Crippen LogP contribution is 2.35. The molecule has 0 radical (unpaired) electrons. The first-order valence-electron chi connectivity index (χ1n) is 28.8. The number of anilines is 3. The lowest BCUT2D eigenvalue weighted by Gasteiger charge is -2.20. The van der Waals surface area contributed by atoms with E-state index in [9.17, 15) is 47.9 Å². The normalized spacial score (nSPS) is 14.5. The molecule has 1 saturated heterocycles. The largest absolute Gasteiger partial charge is 0.493 e. The molecule has 0 bridgehead atoms. The Morgan fingerprint density at radius 2 is 1.34 bits per heavy atom. The number of nitrogens with zero attached hydrogens (tertiary/aromatic N) is 6. The summed E-state index contributed by atoms with van der Waals surface area (Å²) in [6.45, 7) is 15.4. The first-order valence-corrected chi connectivity index (χ1v) is 28.8. The van der Waals surface area contributed by atoms with E-state index in [1.54, 1.807) is 53.8 Å². The summed E-state index contributed by atoms with van der Waals surface area (Å²) in [5, 5.41) is 11.1. The molecule has 3 aliphatic rings. The van der Waals surface area contributed by atoms with E-state index in [-0.39, 0.29) is 118 Å². The van der Waals surface area contributed by atoms with Gasteiger partial charge in [-0.15, -0.1) is 0 Å². The number of fused-ring (bicyclic) bond motifs is 2. The SMILES string of the molecule is C=C1C[C@H]2C=Nc3cc(OCCCC(=O)Nc4cc(C(=O)Nc5cc(C)n(C)c5)n(C)c4)c(C)cc3C(=O)N2C1.CC(=O)Nc1cc(C(=O)NCCCOC(=O)[C@@H](CC(=O)CCOCCOCCCC(=O)CCN2C(=O)C=CC2=O)C(C)C)n(C)c1. The van der Waals surface area contributed by atoms with Crippen LogP contribution >= 0.6 is 0 Å². The molecule has 4 aromatic rings. The lowest BCUT2D eigenvalue weighted by Crippen LogP contribution is -2.35. The highest BCUT2D eigenvalue weighted by atomic mass is 16.5. The number of ether oxygens (including phenoxy) is 4. The van der Waals surface area contributed by atoms with Gasteiger partial charge in [-0.3, -0.25) is 57.8 Å². The fourth-order valence-corrected chi connectivity index (χ4v) is 9.59. The number of hydrogen-bond acceptors (Lipinski definition) is 15. The van der Waals surface area contributed by atoms with Crippen molar-refractivity contribution in [3.8, 4) is 5.75 Å². The number of amides is 7. The first kappa shape index (κ1) is 66.4. The number of esters is 1. The predicted molar refractivity (Wildman–Crippen MR) is 321 cm³/mol. The Kier molecular flexibility index (Phi) is 24.6. The molecule has 86 heavy (non-hydrogen) atoms. The Balaban J connectivity index is 0.000000277. The maximum Gasteiger partial charge on any atom is 0.309 e. The molecule has 0 aliphatic carbocycles. The fraction of sp³-hybridized carbons (Fsp3) is 0.468. The molecular formula is C62H80N10O14. The Hall–Kier alpha value is -8.77. The van der Waals surface area contributed by atoms with Crippen LogP contribution in [0, 0.1) is 25.7 Å². The number of benzene rings is 1. The molecule has 24 nitrogen and oxygen atoms in total. The second-order valence-corrected chi connectivity index (χ2v) is 21.8. The summed E-state index contributed by atoms with van der Waals surface area (Å²) in [6.07, 6.45) is 12.4. The average Bonchev–Trinajstić information content (AvgIpc) is 2.35. The highest BCUT2D eigenvalue weighted by Gasteiger charge is 2.34. The zero-order valence-electron chi connectivity index (χ0n) is 50.4. The summed E-state index contributed by atoms with van der Waals surface area (Å²) >= 11 is 0. The molecule has 0 saturated carbocycles. The number of rotatable bonds is 31. The Morgan fingerprint density at radius 3 is 2.00 bits per heavy atom. The molecule has 462 valence electrons. The Morgan fingerprint density at radius 1 is 0.698 bits per heavy atom. The van der Waals surface area contributed by atoms with E-state index in [1.165, 1.54) is 19.1 Å². The Labute approximate surface area is 500 Å². The van der Waals surface area contributed by atoms with Crippen LogP contribution in [-0.4, -0.2) is 154 Å². The van der Waals surface area contributed by atoms with Gasteiger partial charge in [-0.2, -0.15) is 0 Å². The van der Waals surface area contributed by atoms with Gasteiger partial charge in [-0.1, -0.05) is 26.0 Å². The third-order valence-electron chi connectivity index (χ3n) is 14.4. The van der Waals surface area contributed by atoms with Crippen molar-refractivity contribution in [2.45, 2.75) is 98.4 Å². The number of nitrogens with one attached hydrogen (secondary N) is 4. The number of carbonyl (C=O) groups is 10. The van der Waals surface area contributed by atoms with Crippen molar-refractivity contribution >= 4 is 87.9 Å². The summed E-state index contributed by atoms with van der Waals surface area (Å²) in [5.74, 6) is -2.50. The predicted octanol–water partition coefficient (Wildman–Crippen LogP) is 6.48. The van der Waals surface area contributed by atoms with Crippen molar-refractivity contribution in [1.29, 1.82) is 0 Å². The van der Waals surface area contributed by atoms with E-state index in [1.807, 2.05) is 68.8 Å². The van der Waals surface area contributed by atoms with Crippen molar-refractivity contribution in [3.05, 3.63) is 101 Å². The number of carbonyl (C=O) groups excluding carboxylic acids is 10. The van der Waals surface area contributed by atoms with Crippen LogP contribution in [0.2, 0.25) is 0 Å². The van der Waals surface area contributed by atoms with Crippen LogP contribution in [-0.2, 0) is 68.9 Å². The van der Waals surface area contributed by atoms with Gasteiger partial charge in [-0.05, 0) is 75.3 Å². The number of aryl methyl sites for hydroxylation is 5. The quantitative estimate of drug-likeness (QED) is 0.0182. The number of aliphatic imine (C=N–C) groups is 1.